The molecule has 0 saturated heterocycles. The Morgan fingerprint density at radius 1 is 1.13 bits per heavy atom. The van der Waals surface area contributed by atoms with Crippen molar-refractivity contribution in [2.45, 2.75) is 17.9 Å². The number of halogens is 1. The molecule has 2 aromatic carbocycles. The van der Waals surface area contributed by atoms with E-state index in [1.165, 1.54) is 25.1 Å². The molecular formula is C19H19FN6O4S. The van der Waals surface area contributed by atoms with Gasteiger partial charge in [0, 0.05) is 11.4 Å². The zero-order valence-corrected chi connectivity index (χ0v) is 17.1. The fourth-order valence-corrected chi connectivity index (χ4v) is 2.97. The molecule has 0 radical (unpaired) electrons. The summed E-state index contributed by atoms with van der Waals surface area (Å²) in [5, 5.41) is 10.7. The zero-order valence-electron chi connectivity index (χ0n) is 16.2. The van der Waals surface area contributed by atoms with Gasteiger partial charge in [0.25, 0.3) is 5.91 Å². The van der Waals surface area contributed by atoms with Crippen LogP contribution in [0.3, 0.4) is 0 Å². The van der Waals surface area contributed by atoms with Crippen molar-refractivity contribution >= 4 is 39.1 Å². The van der Waals surface area contributed by atoms with Crippen LogP contribution in [0.5, 0.6) is 5.75 Å². The van der Waals surface area contributed by atoms with Gasteiger partial charge in [0.05, 0.1) is 11.1 Å². The third kappa shape index (κ3) is 5.87. The summed E-state index contributed by atoms with van der Waals surface area (Å²) in [7, 11) is -3.88. The molecule has 0 aliphatic heterocycles. The molecule has 162 valence electrons. The molecule has 3 rings (SSSR count). The lowest BCUT2D eigenvalue weighted by Crippen LogP contribution is -2.30. The molecule has 10 nitrogen and oxygen atoms in total. The first-order chi connectivity index (χ1) is 14.6. The van der Waals surface area contributed by atoms with Gasteiger partial charge in [-0.2, -0.15) is 4.98 Å². The Balaban J connectivity index is 1.75. The highest BCUT2D eigenvalue weighted by molar-refractivity contribution is 7.89. The molecule has 3 aromatic rings. The molecule has 1 atom stereocenters. The van der Waals surface area contributed by atoms with Gasteiger partial charge in [-0.1, -0.05) is 6.07 Å². The highest BCUT2D eigenvalue weighted by atomic mass is 32.2. The van der Waals surface area contributed by atoms with E-state index >= 15 is 0 Å². The summed E-state index contributed by atoms with van der Waals surface area (Å²) in [5.41, 5.74) is 6.01. The first kappa shape index (κ1) is 21.9. The maximum Gasteiger partial charge on any atom is 0.258 e. The molecule has 0 saturated carbocycles. The zero-order chi connectivity index (χ0) is 22.6. The van der Waals surface area contributed by atoms with Crippen molar-refractivity contribution in [2.24, 2.45) is 10.9 Å². The monoisotopic (exact) mass is 446 g/mol. The number of rotatable bonds is 8. The van der Waals surface area contributed by atoms with E-state index in [0.29, 0.717) is 17.1 Å². The van der Waals surface area contributed by atoms with Crippen LogP contribution in [0, 0.1) is 5.82 Å². The van der Waals surface area contributed by atoms with Crippen LogP contribution in [-0.4, -0.2) is 30.4 Å². The molecule has 0 fully saturated rings. The number of primary sulfonamides is 1. The number of ether oxygens (including phenoxy) is 1. The van der Waals surface area contributed by atoms with Crippen LogP contribution in [0.4, 0.5) is 27.5 Å². The van der Waals surface area contributed by atoms with E-state index in [9.17, 15) is 17.6 Å². The van der Waals surface area contributed by atoms with Gasteiger partial charge in [-0.05, 0) is 49.4 Å². The maximum atomic E-state index is 14.2. The molecule has 1 aromatic heterocycles. The Morgan fingerprint density at radius 2 is 1.84 bits per heavy atom. The van der Waals surface area contributed by atoms with Crippen LogP contribution in [0.2, 0.25) is 0 Å². The number of nitrogens with zero attached hydrogens (tertiary/aromatic N) is 2. The van der Waals surface area contributed by atoms with Crippen molar-refractivity contribution in [3.8, 4) is 5.75 Å². The summed E-state index contributed by atoms with van der Waals surface area (Å²) in [6, 6.07) is 12.1. The van der Waals surface area contributed by atoms with Gasteiger partial charge in [-0.15, -0.1) is 0 Å². The summed E-state index contributed by atoms with van der Waals surface area (Å²) in [6.45, 7) is 1.53. The van der Waals surface area contributed by atoms with Gasteiger partial charge < -0.3 is 21.1 Å². The number of nitrogens with one attached hydrogen (secondary N) is 2. The second-order valence-electron chi connectivity index (χ2n) is 6.40. The van der Waals surface area contributed by atoms with Crippen LogP contribution in [0.1, 0.15) is 6.92 Å². The van der Waals surface area contributed by atoms with E-state index in [-0.39, 0.29) is 16.7 Å². The van der Waals surface area contributed by atoms with Gasteiger partial charge in [0.15, 0.2) is 17.7 Å². The van der Waals surface area contributed by atoms with Crippen molar-refractivity contribution in [1.29, 1.82) is 0 Å². The number of hydrogen-bond acceptors (Lipinski definition) is 8. The van der Waals surface area contributed by atoms with Crippen LogP contribution in [0.25, 0.3) is 0 Å². The highest BCUT2D eigenvalue weighted by Crippen LogP contribution is 2.23. The number of amides is 1. The molecule has 12 heteroatoms. The Morgan fingerprint density at radius 3 is 2.48 bits per heavy atom. The second kappa shape index (κ2) is 8.93. The van der Waals surface area contributed by atoms with Crippen LogP contribution in [-0.2, 0) is 14.8 Å². The molecule has 1 unspecified atom stereocenters. The first-order valence-corrected chi connectivity index (χ1v) is 10.4. The molecule has 0 aliphatic carbocycles. The second-order valence-corrected chi connectivity index (χ2v) is 7.96. The van der Waals surface area contributed by atoms with Crippen molar-refractivity contribution in [1.82, 2.24) is 9.97 Å². The Labute approximate surface area is 177 Å². The largest absolute Gasteiger partial charge is 0.481 e. The smallest absolute Gasteiger partial charge is 0.258 e. The fraction of sp³-hybridized carbons (Fsp3) is 0.105. The summed E-state index contributed by atoms with van der Waals surface area (Å²) in [4.78, 5) is 18.9. The number of nitrogens with two attached hydrogens (primary N) is 2. The number of hydrogen-bond donors (Lipinski definition) is 4. The van der Waals surface area contributed by atoms with Gasteiger partial charge in [-0.25, -0.2) is 22.9 Å². The van der Waals surface area contributed by atoms with Crippen molar-refractivity contribution in [3.63, 3.8) is 0 Å². The molecule has 0 spiro atoms. The van der Waals surface area contributed by atoms with Crippen LogP contribution < -0.4 is 26.2 Å². The normalized spacial score (nSPS) is 12.1. The molecule has 31 heavy (non-hydrogen) atoms. The number of carbonyl (C=O) groups excluding carboxylic acids is 1. The third-order valence-corrected chi connectivity index (χ3v) is 4.90. The van der Waals surface area contributed by atoms with E-state index < -0.39 is 27.9 Å². The minimum Gasteiger partial charge on any atom is -0.481 e. The molecule has 0 bridgehead atoms. The number of carbonyl (C=O) groups is 1. The van der Waals surface area contributed by atoms with Crippen molar-refractivity contribution < 1.29 is 22.3 Å². The SMILES string of the molecule is CC(Oc1ccc(Nc2nc(Nc3cccc(S(N)(=O)=O)c3)ncc2F)cc1)C(N)=O. The minimum absolute atomic E-state index is 0.0331. The Kier molecular flexibility index (Phi) is 6.32. The van der Waals surface area contributed by atoms with Crippen LogP contribution in [0.15, 0.2) is 59.6 Å². The van der Waals surface area contributed by atoms with Gasteiger partial charge in [-0.3, -0.25) is 4.79 Å². The van der Waals surface area contributed by atoms with E-state index in [4.69, 9.17) is 15.6 Å². The molecule has 0 aliphatic rings. The summed E-state index contributed by atoms with van der Waals surface area (Å²) in [5.74, 6) is -0.964. The topological polar surface area (TPSA) is 162 Å². The highest BCUT2D eigenvalue weighted by Gasteiger charge is 2.12. The minimum atomic E-state index is -3.88. The number of primary amides is 1. The van der Waals surface area contributed by atoms with Crippen molar-refractivity contribution in [3.05, 3.63) is 60.5 Å². The van der Waals surface area contributed by atoms with Gasteiger partial charge >= 0.3 is 0 Å². The third-order valence-electron chi connectivity index (χ3n) is 3.99. The molecule has 1 heterocycles. The average Bonchev–Trinajstić information content (AvgIpc) is 2.71. The van der Waals surface area contributed by atoms with E-state index in [1.807, 2.05) is 0 Å². The Bertz CT molecular complexity index is 1200. The summed E-state index contributed by atoms with van der Waals surface area (Å²) in [6.07, 6.45) is 0.173. The summed E-state index contributed by atoms with van der Waals surface area (Å²) < 4.78 is 42.5. The lowest BCUT2D eigenvalue weighted by atomic mass is 10.3. The van der Waals surface area contributed by atoms with E-state index in [1.54, 1.807) is 30.3 Å². The average molecular weight is 446 g/mol. The van der Waals surface area contributed by atoms with Gasteiger partial charge in [0.2, 0.25) is 16.0 Å². The maximum absolute atomic E-state index is 14.2. The van der Waals surface area contributed by atoms with Crippen LogP contribution >= 0.6 is 0 Å². The fourth-order valence-electron chi connectivity index (χ4n) is 2.41. The molecular weight excluding hydrogens is 427 g/mol. The molecule has 6 N–H and O–H groups in total. The number of sulfonamides is 1. The lowest BCUT2D eigenvalue weighted by Gasteiger charge is -2.13. The quantitative estimate of drug-likeness (QED) is 0.408. The van der Waals surface area contributed by atoms with Crippen molar-refractivity contribution in [2.75, 3.05) is 10.6 Å². The standard InChI is InChI=1S/C19H19FN6O4S/c1-11(17(21)27)30-14-7-5-12(6-8-14)24-18-16(20)10-23-19(26-18)25-13-3-2-4-15(9-13)31(22,28)29/h2-11H,1H3,(H2,21,27)(H2,22,28,29)(H2,23,24,25,26). The number of aromatic nitrogens is 2. The first-order valence-electron chi connectivity index (χ1n) is 8.87. The Hall–Kier alpha value is -3.77. The van der Waals surface area contributed by atoms with Gasteiger partial charge in [0.1, 0.15) is 5.75 Å². The number of anilines is 4. The predicted octanol–water partition coefficient (Wildman–Crippen LogP) is 2.00. The van der Waals surface area contributed by atoms with E-state index in [2.05, 4.69) is 20.6 Å². The number of benzene rings is 2. The predicted molar refractivity (Wildman–Crippen MR) is 112 cm³/mol. The molecule has 1 amide bonds. The summed E-state index contributed by atoms with van der Waals surface area (Å²) >= 11 is 0. The lowest BCUT2D eigenvalue weighted by molar-refractivity contribution is -0.123. The van der Waals surface area contributed by atoms with E-state index in [0.717, 1.165) is 6.20 Å².